The van der Waals surface area contributed by atoms with E-state index in [1.807, 2.05) is 18.7 Å². The van der Waals surface area contributed by atoms with Gasteiger partial charge in [0.05, 0.1) is 12.6 Å². The maximum atomic E-state index is 12.0. The van der Waals surface area contributed by atoms with Crippen LogP contribution in [0.5, 0.6) is 0 Å². The van der Waals surface area contributed by atoms with E-state index < -0.39 is 0 Å². The van der Waals surface area contributed by atoms with Gasteiger partial charge in [0.25, 0.3) is 0 Å². The van der Waals surface area contributed by atoms with Gasteiger partial charge in [-0.05, 0) is 38.3 Å². The van der Waals surface area contributed by atoms with Gasteiger partial charge >= 0.3 is 0 Å². The van der Waals surface area contributed by atoms with Gasteiger partial charge < -0.3 is 10.4 Å². The summed E-state index contributed by atoms with van der Waals surface area (Å²) in [5.41, 5.74) is 4.30. The molecule has 0 aliphatic carbocycles. The second kappa shape index (κ2) is 5.72. The average Bonchev–Trinajstić information content (AvgIpc) is 2.69. The first-order valence-corrected chi connectivity index (χ1v) is 6.74. The lowest BCUT2D eigenvalue weighted by atomic mass is 10.1. The molecule has 1 saturated heterocycles. The van der Waals surface area contributed by atoms with E-state index in [-0.39, 0.29) is 12.0 Å². The highest BCUT2D eigenvalue weighted by molar-refractivity contribution is 5.93. The van der Waals surface area contributed by atoms with E-state index in [2.05, 4.69) is 24.4 Å². The second-order valence-electron chi connectivity index (χ2n) is 5.50. The molecular formula is C15H22N2O2. The van der Waals surface area contributed by atoms with Crippen LogP contribution in [0.2, 0.25) is 0 Å². The smallest absolute Gasteiger partial charge is 0.238 e. The first kappa shape index (κ1) is 14.0. The molecule has 104 valence electrons. The van der Waals surface area contributed by atoms with Gasteiger partial charge in [-0.15, -0.1) is 0 Å². The first-order chi connectivity index (χ1) is 8.95. The van der Waals surface area contributed by atoms with Crippen LogP contribution in [0.15, 0.2) is 12.1 Å². The third-order valence-corrected chi connectivity index (χ3v) is 3.56. The molecule has 4 nitrogen and oxygen atoms in total. The summed E-state index contributed by atoms with van der Waals surface area (Å²) in [4.78, 5) is 14.0. The number of aliphatic hydroxyl groups excluding tert-OH is 1. The van der Waals surface area contributed by atoms with Crippen molar-refractivity contribution < 1.29 is 9.90 Å². The highest BCUT2D eigenvalue weighted by Crippen LogP contribution is 2.22. The molecule has 2 N–H and O–H groups in total. The minimum absolute atomic E-state index is 0.0100. The van der Waals surface area contributed by atoms with E-state index in [1.54, 1.807) is 0 Å². The summed E-state index contributed by atoms with van der Waals surface area (Å²) in [5.74, 6) is -0.0100. The number of likely N-dealkylation sites (tertiary alicyclic amines) is 1. The predicted octanol–water partition coefficient (Wildman–Crippen LogP) is 1.62. The number of β-amino-alcohol motifs (C(OH)–C–C–N with tert-alkyl or cyclic N) is 1. The molecule has 1 heterocycles. The molecule has 1 aliphatic rings. The zero-order chi connectivity index (χ0) is 14.0. The van der Waals surface area contributed by atoms with Gasteiger partial charge in [-0.25, -0.2) is 0 Å². The van der Waals surface area contributed by atoms with Gasteiger partial charge in [0.2, 0.25) is 5.91 Å². The number of rotatable bonds is 3. The molecule has 2 rings (SSSR count). The quantitative estimate of drug-likeness (QED) is 0.870. The van der Waals surface area contributed by atoms with Gasteiger partial charge in [-0.3, -0.25) is 9.69 Å². The Morgan fingerprint density at radius 2 is 2.00 bits per heavy atom. The van der Waals surface area contributed by atoms with Crippen molar-refractivity contribution in [3.8, 4) is 0 Å². The first-order valence-electron chi connectivity index (χ1n) is 6.74. The van der Waals surface area contributed by atoms with E-state index >= 15 is 0 Å². The van der Waals surface area contributed by atoms with E-state index in [9.17, 15) is 9.90 Å². The summed E-state index contributed by atoms with van der Waals surface area (Å²) in [7, 11) is 0. The molecule has 0 bridgehead atoms. The van der Waals surface area contributed by atoms with Gasteiger partial charge in [0.1, 0.15) is 0 Å². The Morgan fingerprint density at radius 3 is 2.53 bits per heavy atom. The van der Waals surface area contributed by atoms with Crippen LogP contribution in [0.4, 0.5) is 5.69 Å². The number of hydrogen-bond donors (Lipinski definition) is 2. The molecule has 1 aliphatic heterocycles. The third-order valence-electron chi connectivity index (χ3n) is 3.56. The molecule has 1 aromatic rings. The molecule has 1 unspecified atom stereocenters. The Hall–Kier alpha value is -1.39. The van der Waals surface area contributed by atoms with Gasteiger partial charge in [0, 0.05) is 18.8 Å². The monoisotopic (exact) mass is 262 g/mol. The molecule has 0 radical (unpaired) electrons. The molecule has 0 aromatic heterocycles. The Bertz CT molecular complexity index is 462. The number of nitrogens with zero attached hydrogens (tertiary/aromatic N) is 1. The fourth-order valence-electron chi connectivity index (χ4n) is 2.72. The van der Waals surface area contributed by atoms with Crippen LogP contribution in [-0.4, -0.2) is 41.7 Å². The SMILES string of the molecule is Cc1cc(C)c(NC(=O)CN2CCC(O)C2)c(C)c1. The van der Waals surface area contributed by atoms with Gasteiger partial charge in [0.15, 0.2) is 0 Å². The molecule has 0 spiro atoms. The highest BCUT2D eigenvalue weighted by Gasteiger charge is 2.22. The van der Waals surface area contributed by atoms with Crippen LogP contribution in [0.3, 0.4) is 0 Å². The van der Waals surface area contributed by atoms with E-state index in [4.69, 9.17) is 0 Å². The summed E-state index contributed by atoms with van der Waals surface area (Å²) in [6.07, 6.45) is 0.478. The number of anilines is 1. The standard InChI is InChI=1S/C15H22N2O2/c1-10-6-11(2)15(12(3)7-10)16-14(19)9-17-5-4-13(18)8-17/h6-7,13,18H,4-5,8-9H2,1-3H3,(H,16,19). The van der Waals surface area contributed by atoms with Crippen LogP contribution in [-0.2, 0) is 4.79 Å². The van der Waals surface area contributed by atoms with Crippen LogP contribution in [0.1, 0.15) is 23.1 Å². The molecule has 1 atom stereocenters. The Kier molecular flexibility index (Phi) is 4.22. The van der Waals surface area contributed by atoms with Crippen molar-refractivity contribution in [2.24, 2.45) is 0 Å². The number of hydrogen-bond acceptors (Lipinski definition) is 3. The van der Waals surface area contributed by atoms with Crippen LogP contribution in [0.25, 0.3) is 0 Å². The van der Waals surface area contributed by atoms with Crippen molar-refractivity contribution in [2.75, 3.05) is 25.0 Å². The van der Waals surface area contributed by atoms with Crippen LogP contribution < -0.4 is 5.32 Å². The Morgan fingerprint density at radius 1 is 1.37 bits per heavy atom. The zero-order valence-electron chi connectivity index (χ0n) is 11.9. The molecule has 4 heteroatoms. The van der Waals surface area contributed by atoms with Crippen molar-refractivity contribution in [1.82, 2.24) is 4.90 Å². The summed E-state index contributed by atoms with van der Waals surface area (Å²) in [5, 5.41) is 12.4. The van der Waals surface area contributed by atoms with Crippen molar-refractivity contribution in [3.63, 3.8) is 0 Å². The summed E-state index contributed by atoms with van der Waals surface area (Å²) >= 11 is 0. The fourth-order valence-corrected chi connectivity index (χ4v) is 2.72. The minimum Gasteiger partial charge on any atom is -0.392 e. The number of aliphatic hydroxyl groups is 1. The molecule has 0 saturated carbocycles. The molecule has 1 amide bonds. The normalized spacial score (nSPS) is 19.7. The zero-order valence-corrected chi connectivity index (χ0v) is 11.9. The number of carbonyl (C=O) groups is 1. The van der Waals surface area contributed by atoms with E-state index in [1.165, 1.54) is 5.56 Å². The lowest BCUT2D eigenvalue weighted by Gasteiger charge is -2.17. The molecular weight excluding hydrogens is 240 g/mol. The van der Waals surface area contributed by atoms with E-state index in [0.717, 1.165) is 29.8 Å². The van der Waals surface area contributed by atoms with Crippen molar-refractivity contribution in [2.45, 2.75) is 33.3 Å². The lowest BCUT2D eigenvalue weighted by Crippen LogP contribution is -2.32. The van der Waals surface area contributed by atoms with Crippen molar-refractivity contribution in [3.05, 3.63) is 28.8 Å². The molecule has 1 aromatic carbocycles. The number of nitrogens with one attached hydrogen (secondary N) is 1. The van der Waals surface area contributed by atoms with Crippen molar-refractivity contribution >= 4 is 11.6 Å². The van der Waals surface area contributed by atoms with Gasteiger partial charge in [-0.1, -0.05) is 17.7 Å². The van der Waals surface area contributed by atoms with Gasteiger partial charge in [-0.2, -0.15) is 0 Å². The third kappa shape index (κ3) is 3.55. The number of amides is 1. The predicted molar refractivity (Wildman–Crippen MR) is 76.3 cm³/mol. The number of benzene rings is 1. The minimum atomic E-state index is -0.282. The fraction of sp³-hybridized carbons (Fsp3) is 0.533. The van der Waals surface area contributed by atoms with Crippen LogP contribution in [0, 0.1) is 20.8 Å². The second-order valence-corrected chi connectivity index (χ2v) is 5.50. The number of carbonyl (C=O) groups excluding carboxylic acids is 1. The number of aryl methyl sites for hydroxylation is 3. The summed E-state index contributed by atoms with van der Waals surface area (Å²) in [6, 6.07) is 4.14. The summed E-state index contributed by atoms with van der Waals surface area (Å²) in [6.45, 7) is 7.81. The Labute approximate surface area is 114 Å². The maximum Gasteiger partial charge on any atom is 0.238 e. The molecule has 1 fully saturated rings. The summed E-state index contributed by atoms with van der Waals surface area (Å²) < 4.78 is 0. The lowest BCUT2D eigenvalue weighted by molar-refractivity contribution is -0.117. The van der Waals surface area contributed by atoms with Crippen LogP contribution >= 0.6 is 0 Å². The average molecular weight is 262 g/mol. The molecule has 19 heavy (non-hydrogen) atoms. The largest absolute Gasteiger partial charge is 0.392 e. The maximum absolute atomic E-state index is 12.0. The highest BCUT2D eigenvalue weighted by atomic mass is 16.3. The van der Waals surface area contributed by atoms with Crippen molar-refractivity contribution in [1.29, 1.82) is 0 Å². The van der Waals surface area contributed by atoms with E-state index in [0.29, 0.717) is 13.1 Å². The Balaban J connectivity index is 1.99. The topological polar surface area (TPSA) is 52.6 Å².